The van der Waals surface area contributed by atoms with Crippen molar-refractivity contribution in [1.82, 2.24) is 4.72 Å². The fraction of sp³-hybridized carbons (Fsp3) is 0.185. The van der Waals surface area contributed by atoms with Crippen LogP contribution in [0.1, 0.15) is 23.6 Å². The lowest BCUT2D eigenvalue weighted by atomic mass is 9.97. The molecule has 0 bridgehead atoms. The third kappa shape index (κ3) is 5.26. The molecule has 0 heterocycles. The summed E-state index contributed by atoms with van der Waals surface area (Å²) in [5.74, 6) is 8.74. The van der Waals surface area contributed by atoms with Gasteiger partial charge in [0, 0.05) is 10.9 Å². The third-order valence-electron chi connectivity index (χ3n) is 5.45. The third-order valence-corrected chi connectivity index (χ3v) is 7.83. The maximum Gasteiger partial charge on any atom is 0.0544 e. The SMILES string of the molecule is C=C(C)C(Cc1ccc(-c2ccc(C)c(C)c2)cc1)NS(=C)(=C)c1ccccc1Cl. The number of nitrogens with one attached hydrogen (secondary N) is 1. The molecule has 1 N–H and O–H groups in total. The normalized spacial score (nSPS) is 12.5. The molecule has 0 saturated carbocycles. The highest BCUT2D eigenvalue weighted by atomic mass is 35.5. The minimum atomic E-state index is -1.76. The zero-order valence-corrected chi connectivity index (χ0v) is 19.6. The second-order valence-electron chi connectivity index (χ2n) is 8.03. The smallest absolute Gasteiger partial charge is 0.0544 e. The molecule has 3 aromatic rings. The van der Waals surface area contributed by atoms with E-state index in [1.54, 1.807) is 0 Å². The molecule has 1 nitrogen and oxygen atoms in total. The Labute approximate surface area is 187 Å². The highest BCUT2D eigenvalue weighted by Crippen LogP contribution is 2.35. The maximum atomic E-state index is 6.41. The van der Waals surface area contributed by atoms with E-state index >= 15 is 0 Å². The number of aryl methyl sites for hydroxylation is 2. The highest BCUT2D eigenvalue weighted by molar-refractivity contribution is 8.26. The van der Waals surface area contributed by atoms with Crippen LogP contribution in [0, 0.1) is 13.8 Å². The van der Waals surface area contributed by atoms with Gasteiger partial charge in [0.25, 0.3) is 0 Å². The summed E-state index contributed by atoms with van der Waals surface area (Å²) in [6.07, 6.45) is 0.826. The minimum Gasteiger partial charge on any atom is -0.264 e. The Morgan fingerprint density at radius 3 is 2.17 bits per heavy atom. The highest BCUT2D eigenvalue weighted by Gasteiger charge is 2.15. The molecule has 0 aromatic heterocycles. The van der Waals surface area contributed by atoms with Crippen molar-refractivity contribution < 1.29 is 0 Å². The van der Waals surface area contributed by atoms with Crippen LogP contribution >= 0.6 is 21.0 Å². The monoisotopic (exact) mass is 435 g/mol. The van der Waals surface area contributed by atoms with E-state index in [0.29, 0.717) is 5.02 Å². The Kier molecular flexibility index (Phi) is 6.92. The predicted molar refractivity (Wildman–Crippen MR) is 138 cm³/mol. The lowest BCUT2D eigenvalue weighted by Crippen LogP contribution is -2.29. The Balaban J connectivity index is 1.79. The van der Waals surface area contributed by atoms with Crippen molar-refractivity contribution in [1.29, 1.82) is 0 Å². The van der Waals surface area contributed by atoms with E-state index in [9.17, 15) is 0 Å². The summed E-state index contributed by atoms with van der Waals surface area (Å²) in [5, 5.41) is 0.697. The number of hydrogen-bond donors (Lipinski definition) is 1. The van der Waals surface area contributed by atoms with Crippen LogP contribution in [0.25, 0.3) is 11.1 Å². The van der Waals surface area contributed by atoms with Crippen LogP contribution < -0.4 is 4.72 Å². The van der Waals surface area contributed by atoms with Gasteiger partial charge in [-0.3, -0.25) is 4.72 Å². The van der Waals surface area contributed by atoms with Gasteiger partial charge in [-0.1, -0.05) is 90.1 Å². The Morgan fingerprint density at radius 2 is 1.57 bits per heavy atom. The van der Waals surface area contributed by atoms with Crippen molar-refractivity contribution in [2.75, 3.05) is 0 Å². The summed E-state index contributed by atoms with van der Waals surface area (Å²) in [5.41, 5.74) is 7.41. The lowest BCUT2D eigenvalue weighted by Gasteiger charge is -2.26. The zero-order chi connectivity index (χ0) is 21.9. The molecule has 0 aliphatic rings. The van der Waals surface area contributed by atoms with E-state index in [0.717, 1.165) is 16.9 Å². The summed E-state index contributed by atoms with van der Waals surface area (Å²) in [7, 11) is -1.76. The van der Waals surface area contributed by atoms with Crippen molar-refractivity contribution in [3.05, 3.63) is 101 Å². The maximum absolute atomic E-state index is 6.41. The summed E-state index contributed by atoms with van der Waals surface area (Å²) >= 11 is 6.41. The second-order valence-corrected chi connectivity index (χ2v) is 10.9. The van der Waals surface area contributed by atoms with E-state index in [4.69, 9.17) is 11.6 Å². The molecule has 0 aliphatic carbocycles. The largest absolute Gasteiger partial charge is 0.264 e. The number of halogens is 1. The average molecular weight is 436 g/mol. The van der Waals surface area contributed by atoms with Crippen LogP contribution in [0.5, 0.6) is 0 Å². The molecule has 0 radical (unpaired) electrons. The van der Waals surface area contributed by atoms with E-state index in [1.165, 1.54) is 27.8 Å². The standard InChI is InChI=1S/C27H30ClNS/c1-19(2)26(29-30(5,6)27-10-8-7-9-25(27)28)18-22-12-15-23(16-13-22)24-14-11-20(3)21(4)17-24/h7-17,26,29H,1,5-6,18H2,2-4H3. The van der Waals surface area contributed by atoms with Crippen LogP contribution in [0.3, 0.4) is 0 Å². The molecule has 0 amide bonds. The Hall–Kier alpha value is -2.26. The van der Waals surface area contributed by atoms with E-state index < -0.39 is 9.39 Å². The van der Waals surface area contributed by atoms with Gasteiger partial charge in [-0.25, -0.2) is 0 Å². The van der Waals surface area contributed by atoms with Gasteiger partial charge < -0.3 is 0 Å². The molecule has 0 saturated heterocycles. The molecule has 0 spiro atoms. The first-order valence-electron chi connectivity index (χ1n) is 10.0. The van der Waals surface area contributed by atoms with Crippen molar-refractivity contribution in [2.45, 2.75) is 38.1 Å². The summed E-state index contributed by atoms with van der Waals surface area (Å²) in [4.78, 5) is 0.961. The topological polar surface area (TPSA) is 12.0 Å². The van der Waals surface area contributed by atoms with Crippen LogP contribution in [0.4, 0.5) is 0 Å². The van der Waals surface area contributed by atoms with Crippen molar-refractivity contribution >= 4 is 32.7 Å². The van der Waals surface area contributed by atoms with Gasteiger partial charge in [0.2, 0.25) is 0 Å². The molecule has 1 atom stereocenters. The molecule has 156 valence electrons. The fourth-order valence-corrected chi connectivity index (χ4v) is 5.72. The van der Waals surface area contributed by atoms with E-state index in [2.05, 4.69) is 79.4 Å². The van der Waals surface area contributed by atoms with Crippen LogP contribution in [0.2, 0.25) is 5.02 Å². The number of hydrogen-bond acceptors (Lipinski definition) is 1. The first-order chi connectivity index (χ1) is 14.2. The van der Waals surface area contributed by atoms with Gasteiger partial charge in [-0.15, -0.1) is 9.39 Å². The molecule has 3 rings (SSSR count). The molecule has 0 fully saturated rings. The Bertz CT molecular complexity index is 1160. The van der Waals surface area contributed by atoms with Crippen molar-refractivity contribution in [3.8, 4) is 11.1 Å². The van der Waals surface area contributed by atoms with Crippen LogP contribution in [0.15, 0.2) is 83.8 Å². The van der Waals surface area contributed by atoms with Gasteiger partial charge in [0.15, 0.2) is 0 Å². The molecule has 1 unspecified atom stereocenters. The summed E-state index contributed by atoms with van der Waals surface area (Å²) in [6, 6.07) is 23.2. The summed E-state index contributed by atoms with van der Waals surface area (Å²) < 4.78 is 3.64. The van der Waals surface area contributed by atoms with E-state index in [-0.39, 0.29) is 6.04 Å². The first kappa shape index (κ1) is 22.4. The molecular weight excluding hydrogens is 406 g/mol. The van der Waals surface area contributed by atoms with Gasteiger partial charge in [-0.2, -0.15) is 0 Å². The lowest BCUT2D eigenvalue weighted by molar-refractivity contribution is 0.716. The molecule has 30 heavy (non-hydrogen) atoms. The predicted octanol–water partition coefficient (Wildman–Crippen LogP) is 7.34. The van der Waals surface area contributed by atoms with Crippen LogP contribution in [-0.4, -0.2) is 17.8 Å². The zero-order valence-electron chi connectivity index (χ0n) is 18.0. The number of benzene rings is 3. The molecular formula is C27H30ClNS. The summed E-state index contributed by atoms with van der Waals surface area (Å²) in [6.45, 7) is 10.5. The Morgan fingerprint density at radius 1 is 0.933 bits per heavy atom. The molecule has 0 aliphatic heterocycles. The molecule has 3 heteroatoms. The van der Waals surface area contributed by atoms with Crippen molar-refractivity contribution in [2.24, 2.45) is 0 Å². The number of rotatable bonds is 7. The van der Waals surface area contributed by atoms with Gasteiger partial charge in [0.1, 0.15) is 0 Å². The van der Waals surface area contributed by atoms with E-state index in [1.807, 2.05) is 31.2 Å². The fourth-order valence-electron chi connectivity index (χ4n) is 3.40. The van der Waals surface area contributed by atoms with Gasteiger partial charge >= 0.3 is 0 Å². The van der Waals surface area contributed by atoms with Crippen molar-refractivity contribution in [3.63, 3.8) is 0 Å². The van der Waals surface area contributed by atoms with Crippen LogP contribution in [-0.2, 0) is 6.42 Å². The quantitative estimate of drug-likeness (QED) is 0.302. The average Bonchev–Trinajstić information content (AvgIpc) is 2.70. The molecule has 3 aromatic carbocycles. The van der Waals surface area contributed by atoms with Gasteiger partial charge in [-0.05, 0) is 67.1 Å². The van der Waals surface area contributed by atoms with Gasteiger partial charge in [0.05, 0.1) is 5.02 Å². The minimum absolute atomic E-state index is 0.0683. The second kappa shape index (κ2) is 9.26. The first-order valence-corrected chi connectivity index (χ1v) is 12.4.